The van der Waals surface area contributed by atoms with Crippen LogP contribution in [-0.4, -0.2) is 28.7 Å². The predicted molar refractivity (Wildman–Crippen MR) is 70.1 cm³/mol. The molecule has 1 saturated carbocycles. The number of hydrogen-bond donors (Lipinski definition) is 1. The summed E-state index contributed by atoms with van der Waals surface area (Å²) in [7, 11) is 0. The first kappa shape index (κ1) is 12.3. The molecular formula is C13H17N3O3. The van der Waals surface area contributed by atoms with Crippen molar-refractivity contribution < 1.29 is 9.66 Å². The summed E-state index contributed by atoms with van der Waals surface area (Å²) in [6, 6.07) is 3.31. The lowest BCUT2D eigenvalue weighted by atomic mass is 10.1. The van der Waals surface area contributed by atoms with Crippen molar-refractivity contribution in [1.29, 1.82) is 0 Å². The number of nitro groups is 1. The number of nitrogens with zero attached hydrogens (tertiary/aromatic N) is 2. The predicted octanol–water partition coefficient (Wildman–Crippen LogP) is 2.28. The maximum absolute atomic E-state index is 11.0. The first-order valence-corrected chi connectivity index (χ1v) is 6.65. The van der Waals surface area contributed by atoms with Gasteiger partial charge in [0.25, 0.3) is 0 Å². The van der Waals surface area contributed by atoms with Crippen LogP contribution in [0.2, 0.25) is 0 Å². The first-order chi connectivity index (χ1) is 9.15. The molecule has 2 atom stereocenters. The summed E-state index contributed by atoms with van der Waals surface area (Å²) in [6.07, 6.45) is 3.47. The number of rotatable bonds is 4. The van der Waals surface area contributed by atoms with E-state index in [2.05, 4.69) is 10.3 Å². The molecule has 1 aliphatic carbocycles. The van der Waals surface area contributed by atoms with E-state index >= 15 is 0 Å². The number of ether oxygens (including phenoxy) is 1. The summed E-state index contributed by atoms with van der Waals surface area (Å²) in [5.41, 5.74) is 0.807. The third kappa shape index (κ3) is 2.53. The molecule has 1 N–H and O–H groups in total. The van der Waals surface area contributed by atoms with E-state index in [9.17, 15) is 10.1 Å². The third-order valence-electron chi connectivity index (χ3n) is 3.75. The molecule has 2 aliphatic rings. The molecule has 0 bridgehead atoms. The first-order valence-electron chi connectivity index (χ1n) is 6.65. The zero-order valence-electron chi connectivity index (χ0n) is 10.8. The van der Waals surface area contributed by atoms with E-state index in [-0.39, 0.29) is 17.8 Å². The zero-order valence-corrected chi connectivity index (χ0v) is 10.8. The van der Waals surface area contributed by atoms with Crippen LogP contribution in [0.5, 0.6) is 0 Å². The minimum absolute atomic E-state index is 0.0343. The Hall–Kier alpha value is -1.69. The van der Waals surface area contributed by atoms with Crippen LogP contribution in [-0.2, 0) is 4.74 Å². The van der Waals surface area contributed by atoms with Gasteiger partial charge in [-0.3, -0.25) is 10.1 Å². The Morgan fingerprint density at radius 1 is 1.42 bits per heavy atom. The van der Waals surface area contributed by atoms with Crippen LogP contribution >= 0.6 is 0 Å². The molecule has 0 radical (unpaired) electrons. The monoisotopic (exact) mass is 263 g/mol. The van der Waals surface area contributed by atoms with Crippen LogP contribution in [0, 0.1) is 23.0 Å². The van der Waals surface area contributed by atoms with Crippen molar-refractivity contribution in [3.8, 4) is 0 Å². The smallest absolute Gasteiger partial charge is 0.311 e. The van der Waals surface area contributed by atoms with Gasteiger partial charge in [0.15, 0.2) is 0 Å². The lowest BCUT2D eigenvalue weighted by molar-refractivity contribution is -0.384. The van der Waals surface area contributed by atoms with E-state index in [4.69, 9.17) is 4.74 Å². The average Bonchev–Trinajstić information content (AvgIpc) is 3.10. The number of anilines is 1. The van der Waals surface area contributed by atoms with Gasteiger partial charge in [-0.1, -0.05) is 0 Å². The molecular weight excluding hydrogens is 246 g/mol. The fourth-order valence-electron chi connectivity index (χ4n) is 2.63. The molecule has 1 saturated heterocycles. The topological polar surface area (TPSA) is 77.3 Å². The molecule has 6 nitrogen and oxygen atoms in total. The molecule has 1 aliphatic heterocycles. The van der Waals surface area contributed by atoms with Gasteiger partial charge >= 0.3 is 5.69 Å². The van der Waals surface area contributed by atoms with E-state index in [1.807, 2.05) is 6.92 Å². The van der Waals surface area contributed by atoms with Crippen LogP contribution in [0.15, 0.2) is 12.1 Å². The number of nitrogens with one attached hydrogen (secondary N) is 1. The molecule has 0 amide bonds. The number of aryl methyl sites for hydroxylation is 1. The highest BCUT2D eigenvalue weighted by atomic mass is 16.6. The van der Waals surface area contributed by atoms with Crippen LogP contribution in [0.25, 0.3) is 0 Å². The van der Waals surface area contributed by atoms with Crippen molar-refractivity contribution >= 4 is 11.5 Å². The molecule has 1 aromatic rings. The number of pyridine rings is 1. The van der Waals surface area contributed by atoms with Crippen molar-refractivity contribution in [2.75, 3.05) is 11.9 Å². The molecule has 3 rings (SSSR count). The van der Waals surface area contributed by atoms with Gasteiger partial charge < -0.3 is 10.1 Å². The average molecular weight is 263 g/mol. The number of hydrogen-bond acceptors (Lipinski definition) is 5. The molecule has 2 heterocycles. The van der Waals surface area contributed by atoms with E-state index in [0.29, 0.717) is 11.7 Å². The Kier molecular flexibility index (Phi) is 3.10. The third-order valence-corrected chi connectivity index (χ3v) is 3.75. The summed E-state index contributed by atoms with van der Waals surface area (Å²) in [5.74, 6) is 0.981. The van der Waals surface area contributed by atoms with Crippen LogP contribution in [0.1, 0.15) is 25.0 Å². The van der Waals surface area contributed by atoms with Crippen molar-refractivity contribution in [3.05, 3.63) is 27.9 Å². The Bertz CT molecular complexity index is 502. The van der Waals surface area contributed by atoms with Gasteiger partial charge in [-0.2, -0.15) is 0 Å². The minimum atomic E-state index is -0.392. The van der Waals surface area contributed by atoms with E-state index in [0.717, 1.165) is 18.7 Å². The van der Waals surface area contributed by atoms with E-state index < -0.39 is 4.92 Å². The van der Waals surface area contributed by atoms with Crippen LogP contribution < -0.4 is 5.32 Å². The van der Waals surface area contributed by atoms with Gasteiger partial charge in [-0.25, -0.2) is 4.98 Å². The van der Waals surface area contributed by atoms with Gasteiger partial charge in [0.2, 0.25) is 5.82 Å². The fraction of sp³-hybridized carbons (Fsp3) is 0.615. The number of aromatic nitrogens is 1. The summed E-state index contributed by atoms with van der Waals surface area (Å²) in [5, 5.41) is 14.3. The molecule has 102 valence electrons. The fourth-order valence-corrected chi connectivity index (χ4v) is 2.63. The molecule has 2 unspecified atom stereocenters. The maximum Gasteiger partial charge on any atom is 0.311 e. The molecule has 0 aromatic carbocycles. The van der Waals surface area contributed by atoms with Gasteiger partial charge in [-0.15, -0.1) is 0 Å². The second-order valence-corrected chi connectivity index (χ2v) is 5.29. The Labute approximate surface area is 111 Å². The summed E-state index contributed by atoms with van der Waals surface area (Å²) < 4.78 is 5.73. The maximum atomic E-state index is 11.0. The Morgan fingerprint density at radius 2 is 2.21 bits per heavy atom. The van der Waals surface area contributed by atoms with Crippen molar-refractivity contribution in [1.82, 2.24) is 4.98 Å². The summed E-state index contributed by atoms with van der Waals surface area (Å²) in [6.45, 7) is 2.55. The van der Waals surface area contributed by atoms with Crippen molar-refractivity contribution in [3.63, 3.8) is 0 Å². The Morgan fingerprint density at radius 3 is 2.89 bits per heavy atom. The zero-order chi connectivity index (χ0) is 13.4. The van der Waals surface area contributed by atoms with Gasteiger partial charge in [0.05, 0.1) is 17.1 Å². The lowest BCUT2D eigenvalue weighted by Gasteiger charge is -2.20. The molecule has 19 heavy (non-hydrogen) atoms. The SMILES string of the molecule is Cc1ccc([N+](=O)[O-])c(NC2CCOC2C2CC2)n1. The van der Waals surface area contributed by atoms with Gasteiger partial charge in [-0.05, 0) is 38.2 Å². The highest BCUT2D eigenvalue weighted by Gasteiger charge is 2.41. The summed E-state index contributed by atoms with van der Waals surface area (Å²) in [4.78, 5) is 14.9. The quantitative estimate of drug-likeness (QED) is 0.666. The van der Waals surface area contributed by atoms with Gasteiger partial charge in [0.1, 0.15) is 0 Å². The van der Waals surface area contributed by atoms with Crippen LogP contribution in [0.4, 0.5) is 11.5 Å². The van der Waals surface area contributed by atoms with E-state index in [1.54, 1.807) is 6.07 Å². The normalized spacial score (nSPS) is 26.4. The molecule has 2 fully saturated rings. The van der Waals surface area contributed by atoms with Crippen molar-refractivity contribution in [2.24, 2.45) is 5.92 Å². The lowest BCUT2D eigenvalue weighted by Crippen LogP contribution is -2.31. The second-order valence-electron chi connectivity index (χ2n) is 5.29. The highest BCUT2D eigenvalue weighted by Crippen LogP contribution is 2.40. The molecule has 0 spiro atoms. The van der Waals surface area contributed by atoms with E-state index in [1.165, 1.54) is 18.9 Å². The van der Waals surface area contributed by atoms with Gasteiger partial charge in [0, 0.05) is 18.4 Å². The largest absolute Gasteiger partial charge is 0.376 e. The van der Waals surface area contributed by atoms with Crippen LogP contribution in [0.3, 0.4) is 0 Å². The Balaban J connectivity index is 1.81. The summed E-state index contributed by atoms with van der Waals surface area (Å²) >= 11 is 0. The minimum Gasteiger partial charge on any atom is -0.376 e. The standard InChI is InChI=1S/C13H17N3O3/c1-8-2-5-11(16(17)18)13(14-8)15-10-6-7-19-12(10)9-3-4-9/h2,5,9-10,12H,3-4,6-7H2,1H3,(H,14,15). The van der Waals surface area contributed by atoms with Crippen molar-refractivity contribution in [2.45, 2.75) is 38.3 Å². The highest BCUT2D eigenvalue weighted by molar-refractivity contribution is 5.56. The second kappa shape index (κ2) is 4.77. The molecule has 6 heteroatoms. The molecule has 1 aromatic heterocycles.